The van der Waals surface area contributed by atoms with Crippen LogP contribution in [0, 0.1) is 11.8 Å². The summed E-state index contributed by atoms with van der Waals surface area (Å²) in [5.74, 6) is 7.03. The van der Waals surface area contributed by atoms with Crippen LogP contribution in [0.25, 0.3) is 60.8 Å². The number of carbonyl (C=O) groups is 2. The Morgan fingerprint density at radius 3 is 2.01 bits per heavy atom. The fourth-order valence-electron chi connectivity index (χ4n) is 7.47. The minimum atomic E-state index is -4.51. The van der Waals surface area contributed by atoms with Crippen molar-refractivity contribution in [2.24, 2.45) is 0 Å². The standard InChI is InChI=1S/C29H17N3O4.C25H31F3N3S.CNS.Ru/c33-18-35-23-11-13-31-27(15-23)29-17-24(36-19-34)16-28(32-29)26-14-20(10-12-30-26)8-9-22-6-3-5-21-4-1-2-7-25(21)22;1-3-5-7-9-11-18-15-20(12-10-8-6-4-2)32-24(18)19-13-14-29-21(16-19)22-17-23(31-30-22)25(26,27)28;2-1-3;/h1-7,10-19H;13-17H,3-12H2,1-2H3;;/q;2*-1;+2. The molecule has 0 N–H and O–H groups in total. The fourth-order valence-corrected chi connectivity index (χ4v) is 8.72. The van der Waals surface area contributed by atoms with Gasteiger partial charge in [0.1, 0.15) is 17.2 Å². The Morgan fingerprint density at radius 2 is 1.32 bits per heavy atom. The van der Waals surface area contributed by atoms with Gasteiger partial charge in [-0.2, -0.15) is 18.3 Å². The van der Waals surface area contributed by atoms with E-state index in [9.17, 15) is 22.8 Å². The number of aryl methyl sites for hydroxylation is 2. The first kappa shape index (κ1) is 55.8. The molecular formula is C55H48F3N7O4RuS2. The molecule has 17 heteroatoms. The summed E-state index contributed by atoms with van der Waals surface area (Å²) in [6.45, 7) is 5.09. The van der Waals surface area contributed by atoms with Gasteiger partial charge in [-0.1, -0.05) is 119 Å². The molecule has 0 saturated carbocycles. The molecule has 8 aromatic rings. The van der Waals surface area contributed by atoms with Crippen LogP contribution in [0.15, 0.2) is 122 Å². The van der Waals surface area contributed by atoms with E-state index in [1.54, 1.807) is 48.0 Å². The zero-order valence-electron chi connectivity index (χ0n) is 39.3. The molecule has 8 rings (SSSR count). The number of hydrogen-bond donors (Lipinski definition) is 0. The molecule has 0 unspecified atom stereocenters. The number of thiophene rings is 1. The summed E-state index contributed by atoms with van der Waals surface area (Å²) in [6, 6.07) is 31.1. The number of thiocarbonyl (C=S) groups is 1. The second-order valence-corrected chi connectivity index (χ2v) is 17.2. The van der Waals surface area contributed by atoms with E-state index in [1.807, 2.05) is 54.6 Å². The summed E-state index contributed by atoms with van der Waals surface area (Å²) in [7, 11) is 0. The maximum atomic E-state index is 12.9. The third-order valence-electron chi connectivity index (χ3n) is 10.9. The molecular weight excluding hydrogens is 1040 g/mol. The van der Waals surface area contributed by atoms with Crippen molar-refractivity contribution in [3.8, 4) is 67.9 Å². The molecule has 0 bridgehead atoms. The molecule has 6 heterocycles. The molecule has 11 nitrogen and oxygen atoms in total. The van der Waals surface area contributed by atoms with Crippen LogP contribution >= 0.6 is 23.6 Å². The SMILES string of the molecule is CCCCCCc1cc(CCCCCC)c(-c2ccnc(-c3cc(C(F)(F)F)n[n-]3)c2)s1.O=COc1ccnc(-c2cc(OC=O)cc(-c3cc(C#Cc4cccc5ccccc45)ccn3)n2)c1.[N-]=C=S.[Ru+2]. The largest absolute Gasteiger partial charge is 2.00 e. The zero-order valence-corrected chi connectivity index (χ0v) is 42.7. The number of unbranched alkanes of at least 4 members (excludes halogenated alkanes) is 6. The number of rotatable bonds is 18. The second kappa shape index (κ2) is 28.7. The van der Waals surface area contributed by atoms with Crippen LogP contribution in [0.5, 0.6) is 11.5 Å². The van der Waals surface area contributed by atoms with E-state index in [0.29, 0.717) is 47.2 Å². The van der Waals surface area contributed by atoms with Crippen LogP contribution in [0.3, 0.4) is 0 Å². The van der Waals surface area contributed by atoms with Crippen molar-refractivity contribution >= 4 is 52.4 Å². The van der Waals surface area contributed by atoms with Gasteiger partial charge in [0, 0.05) is 57.7 Å². The molecule has 0 fully saturated rings. The van der Waals surface area contributed by atoms with Crippen molar-refractivity contribution in [3.63, 3.8) is 0 Å². The third kappa shape index (κ3) is 16.2. The number of pyridine rings is 4. The van der Waals surface area contributed by atoms with Gasteiger partial charge >= 0.3 is 25.7 Å². The normalized spacial score (nSPS) is 10.5. The number of benzene rings is 2. The predicted octanol–water partition coefficient (Wildman–Crippen LogP) is 13.6. The number of ether oxygens (including phenoxy) is 2. The number of fused-ring (bicyclic) bond motifs is 1. The van der Waals surface area contributed by atoms with Crippen molar-refractivity contribution in [3.05, 3.63) is 154 Å². The van der Waals surface area contributed by atoms with Crippen molar-refractivity contribution in [1.82, 2.24) is 30.1 Å². The van der Waals surface area contributed by atoms with Gasteiger partial charge in [-0.05, 0) is 96.1 Å². The molecule has 0 radical (unpaired) electrons. The first-order valence-electron chi connectivity index (χ1n) is 22.9. The van der Waals surface area contributed by atoms with E-state index < -0.39 is 11.9 Å². The van der Waals surface area contributed by atoms with Gasteiger partial charge in [-0.15, -0.1) is 11.3 Å². The topological polar surface area (TPSA) is 153 Å². The zero-order chi connectivity index (χ0) is 50.4. The molecule has 6 aromatic heterocycles. The van der Waals surface area contributed by atoms with Crippen molar-refractivity contribution in [1.29, 1.82) is 0 Å². The van der Waals surface area contributed by atoms with Crippen LogP contribution in [-0.4, -0.2) is 43.1 Å². The Bertz CT molecular complexity index is 3140. The van der Waals surface area contributed by atoms with Gasteiger partial charge in [0.2, 0.25) is 0 Å². The Balaban J connectivity index is 0.000000252. The first-order chi connectivity index (χ1) is 34.6. The average molecular weight is 1090 g/mol. The summed E-state index contributed by atoms with van der Waals surface area (Å²) >= 11 is 5.50. The smallest absolute Gasteiger partial charge is 0.753 e. The minimum absolute atomic E-state index is 0. The summed E-state index contributed by atoms with van der Waals surface area (Å²) in [5, 5.41) is 17.7. The van der Waals surface area contributed by atoms with Crippen molar-refractivity contribution < 1.29 is 51.7 Å². The number of aromatic nitrogens is 6. The van der Waals surface area contributed by atoms with Crippen molar-refractivity contribution in [2.75, 3.05) is 0 Å². The van der Waals surface area contributed by atoms with E-state index in [4.69, 9.17) is 14.9 Å². The monoisotopic (exact) mass is 1090 g/mol. The van der Waals surface area contributed by atoms with Crippen LogP contribution in [0.1, 0.15) is 92.5 Å². The minimum Gasteiger partial charge on any atom is -0.753 e. The second-order valence-electron chi connectivity index (χ2n) is 15.9. The predicted molar refractivity (Wildman–Crippen MR) is 275 cm³/mol. The summed E-state index contributed by atoms with van der Waals surface area (Å²) in [6.07, 6.45) is 12.1. The van der Waals surface area contributed by atoms with Crippen molar-refractivity contribution in [2.45, 2.75) is 84.2 Å². The molecule has 0 saturated heterocycles. The number of nitrogens with zero attached hydrogens (tertiary/aromatic N) is 7. The molecule has 0 aliphatic rings. The molecule has 0 aliphatic heterocycles. The van der Waals surface area contributed by atoms with E-state index in [0.717, 1.165) is 52.8 Å². The maximum Gasteiger partial charge on any atom is 2.00 e. The quantitative estimate of drug-likeness (QED) is 0.0201. The van der Waals surface area contributed by atoms with E-state index in [-0.39, 0.29) is 30.9 Å². The van der Waals surface area contributed by atoms with Gasteiger partial charge in [-0.3, -0.25) is 24.5 Å². The molecule has 0 atom stereocenters. The number of carbonyl (C=O) groups excluding carboxylic acids is 2. The molecule has 0 spiro atoms. The van der Waals surface area contributed by atoms with Gasteiger partial charge in [0.15, 0.2) is 0 Å². The summed E-state index contributed by atoms with van der Waals surface area (Å²) in [5.41, 5.74) is 5.42. The van der Waals surface area contributed by atoms with Gasteiger partial charge in [0.05, 0.1) is 28.5 Å². The summed E-state index contributed by atoms with van der Waals surface area (Å²) < 4.78 is 48.8. The van der Waals surface area contributed by atoms with Crippen LogP contribution in [0.4, 0.5) is 13.2 Å². The first-order valence-corrected chi connectivity index (χ1v) is 24.1. The van der Waals surface area contributed by atoms with Crippen LogP contribution < -0.4 is 14.6 Å². The molecule has 72 heavy (non-hydrogen) atoms. The maximum absolute atomic E-state index is 12.9. The van der Waals surface area contributed by atoms with E-state index in [1.165, 1.54) is 71.6 Å². The Morgan fingerprint density at radius 1 is 0.694 bits per heavy atom. The number of isothiocyanates is 1. The Kier molecular flexibility index (Phi) is 22.3. The van der Waals surface area contributed by atoms with Crippen LogP contribution in [-0.2, 0) is 48.1 Å². The van der Waals surface area contributed by atoms with E-state index in [2.05, 4.69) is 86.2 Å². The van der Waals surface area contributed by atoms with E-state index >= 15 is 0 Å². The number of alkyl halides is 3. The fraction of sp³-hybridized carbons (Fsp3) is 0.236. The number of halogens is 3. The number of hydrogen-bond acceptors (Lipinski definition) is 11. The van der Waals surface area contributed by atoms with Gasteiger partial charge < -0.3 is 25.1 Å². The Labute approximate surface area is 438 Å². The molecule has 2 aromatic carbocycles. The van der Waals surface area contributed by atoms with Gasteiger partial charge in [0.25, 0.3) is 12.9 Å². The molecule has 368 valence electrons. The average Bonchev–Trinajstić information content (AvgIpc) is 4.06. The van der Waals surface area contributed by atoms with Gasteiger partial charge in [-0.25, -0.2) is 4.98 Å². The molecule has 0 amide bonds. The molecule has 0 aliphatic carbocycles. The Hall–Kier alpha value is -7.08. The van der Waals surface area contributed by atoms with Crippen LogP contribution in [0.2, 0.25) is 0 Å². The summed E-state index contributed by atoms with van der Waals surface area (Å²) in [4.78, 5) is 41.9. The third-order valence-corrected chi connectivity index (χ3v) is 12.2.